The Labute approximate surface area is 112 Å². The fraction of sp³-hybridized carbons (Fsp3) is 0.286. The van der Waals surface area contributed by atoms with E-state index < -0.39 is 0 Å². The van der Waals surface area contributed by atoms with Crippen molar-refractivity contribution in [2.75, 3.05) is 19.5 Å². The summed E-state index contributed by atoms with van der Waals surface area (Å²) in [6.07, 6.45) is 3.41. The third-order valence-electron chi connectivity index (χ3n) is 2.74. The lowest BCUT2D eigenvalue weighted by Crippen LogP contribution is -2.04. The van der Waals surface area contributed by atoms with E-state index >= 15 is 0 Å². The van der Waals surface area contributed by atoms with E-state index in [1.807, 2.05) is 25.1 Å². The topological polar surface area (TPSA) is 56.3 Å². The number of nitrogens with one attached hydrogen (secondary N) is 1. The van der Waals surface area contributed by atoms with Gasteiger partial charge in [-0.2, -0.15) is 0 Å². The van der Waals surface area contributed by atoms with E-state index in [4.69, 9.17) is 9.47 Å². The molecule has 0 bridgehead atoms. The average molecular weight is 259 g/mol. The molecule has 0 amide bonds. The Hall–Kier alpha value is -2.30. The number of pyridine rings is 2. The summed E-state index contributed by atoms with van der Waals surface area (Å²) in [6.45, 7) is 2.55. The van der Waals surface area contributed by atoms with Crippen LogP contribution in [0.2, 0.25) is 0 Å². The number of aryl methyl sites for hydroxylation is 1. The van der Waals surface area contributed by atoms with Crippen molar-refractivity contribution in [3.8, 4) is 11.6 Å². The lowest BCUT2D eigenvalue weighted by Gasteiger charge is -2.12. The van der Waals surface area contributed by atoms with Gasteiger partial charge < -0.3 is 14.8 Å². The predicted molar refractivity (Wildman–Crippen MR) is 73.6 cm³/mol. The molecule has 2 aromatic rings. The Kier molecular flexibility index (Phi) is 4.18. The van der Waals surface area contributed by atoms with E-state index in [9.17, 15) is 0 Å². The van der Waals surface area contributed by atoms with Gasteiger partial charge in [-0.25, -0.2) is 4.98 Å². The molecule has 19 heavy (non-hydrogen) atoms. The molecule has 0 spiro atoms. The molecular weight excluding hydrogens is 242 g/mol. The lowest BCUT2D eigenvalue weighted by molar-refractivity contribution is 0.393. The molecule has 0 unspecified atom stereocenters. The SMILES string of the molecule is COc1cnc(C)cc1NCc1cccnc1OC. The number of hydrogen-bond donors (Lipinski definition) is 1. The Morgan fingerprint density at radius 2 is 2.05 bits per heavy atom. The number of ether oxygens (including phenoxy) is 2. The first-order valence-corrected chi connectivity index (χ1v) is 5.97. The smallest absolute Gasteiger partial charge is 0.218 e. The second-order valence-corrected chi connectivity index (χ2v) is 4.05. The molecule has 2 rings (SSSR count). The molecule has 100 valence electrons. The zero-order valence-corrected chi connectivity index (χ0v) is 11.3. The number of aromatic nitrogens is 2. The quantitative estimate of drug-likeness (QED) is 0.893. The summed E-state index contributed by atoms with van der Waals surface area (Å²) in [5.41, 5.74) is 2.82. The number of anilines is 1. The van der Waals surface area contributed by atoms with Crippen molar-refractivity contribution in [3.63, 3.8) is 0 Å². The van der Waals surface area contributed by atoms with Crippen LogP contribution in [-0.4, -0.2) is 24.2 Å². The molecule has 5 heteroatoms. The van der Waals surface area contributed by atoms with E-state index in [2.05, 4.69) is 15.3 Å². The maximum atomic E-state index is 5.27. The Bertz CT molecular complexity index is 558. The fourth-order valence-electron chi connectivity index (χ4n) is 1.78. The fourth-order valence-corrected chi connectivity index (χ4v) is 1.78. The highest BCUT2D eigenvalue weighted by atomic mass is 16.5. The van der Waals surface area contributed by atoms with Crippen LogP contribution in [0, 0.1) is 6.92 Å². The van der Waals surface area contributed by atoms with Crippen molar-refractivity contribution in [1.82, 2.24) is 9.97 Å². The van der Waals surface area contributed by atoms with Gasteiger partial charge in [0.1, 0.15) is 0 Å². The maximum Gasteiger partial charge on any atom is 0.218 e. The summed E-state index contributed by atoms with van der Waals surface area (Å²) < 4.78 is 10.5. The average Bonchev–Trinajstić information content (AvgIpc) is 2.45. The number of nitrogens with zero attached hydrogens (tertiary/aromatic N) is 2. The summed E-state index contributed by atoms with van der Waals surface area (Å²) in [4.78, 5) is 8.36. The van der Waals surface area contributed by atoms with E-state index in [-0.39, 0.29) is 0 Å². The second kappa shape index (κ2) is 6.04. The van der Waals surface area contributed by atoms with Gasteiger partial charge in [-0.3, -0.25) is 4.98 Å². The number of rotatable bonds is 5. The predicted octanol–water partition coefficient (Wildman–Crippen LogP) is 2.41. The molecule has 0 aromatic carbocycles. The van der Waals surface area contributed by atoms with Crippen molar-refractivity contribution in [1.29, 1.82) is 0 Å². The summed E-state index contributed by atoms with van der Waals surface area (Å²) in [5.74, 6) is 1.34. The first-order chi connectivity index (χ1) is 9.24. The van der Waals surface area contributed by atoms with Gasteiger partial charge >= 0.3 is 0 Å². The second-order valence-electron chi connectivity index (χ2n) is 4.05. The molecule has 0 saturated heterocycles. The normalized spacial score (nSPS) is 10.1. The molecule has 0 aliphatic heterocycles. The van der Waals surface area contributed by atoms with Crippen LogP contribution in [0.4, 0.5) is 5.69 Å². The number of methoxy groups -OCH3 is 2. The minimum atomic E-state index is 0.608. The molecule has 0 saturated carbocycles. The summed E-state index contributed by atoms with van der Waals surface area (Å²) in [6, 6.07) is 5.80. The molecule has 0 aliphatic carbocycles. The van der Waals surface area contributed by atoms with Crippen LogP contribution in [0.3, 0.4) is 0 Å². The van der Waals surface area contributed by atoms with Gasteiger partial charge in [-0.05, 0) is 19.1 Å². The van der Waals surface area contributed by atoms with E-state index in [0.717, 1.165) is 16.9 Å². The van der Waals surface area contributed by atoms with E-state index in [1.165, 1.54) is 0 Å². The Morgan fingerprint density at radius 3 is 2.79 bits per heavy atom. The first kappa shape index (κ1) is 13.1. The molecule has 0 atom stereocenters. The van der Waals surface area contributed by atoms with Crippen LogP contribution in [0.25, 0.3) is 0 Å². The zero-order chi connectivity index (χ0) is 13.7. The molecule has 0 fully saturated rings. The van der Waals surface area contributed by atoms with Gasteiger partial charge in [0.25, 0.3) is 0 Å². The maximum absolute atomic E-state index is 5.27. The summed E-state index contributed by atoms with van der Waals surface area (Å²) >= 11 is 0. The molecule has 5 nitrogen and oxygen atoms in total. The molecule has 2 aromatic heterocycles. The van der Waals surface area contributed by atoms with Crippen molar-refractivity contribution < 1.29 is 9.47 Å². The van der Waals surface area contributed by atoms with Crippen LogP contribution >= 0.6 is 0 Å². The third kappa shape index (κ3) is 3.13. The van der Waals surface area contributed by atoms with Crippen molar-refractivity contribution >= 4 is 5.69 Å². The first-order valence-electron chi connectivity index (χ1n) is 5.97. The van der Waals surface area contributed by atoms with Gasteiger partial charge in [0.15, 0.2) is 5.75 Å². The minimum absolute atomic E-state index is 0.608. The van der Waals surface area contributed by atoms with Crippen LogP contribution < -0.4 is 14.8 Å². The zero-order valence-electron chi connectivity index (χ0n) is 11.3. The van der Waals surface area contributed by atoms with Crippen molar-refractivity contribution in [2.45, 2.75) is 13.5 Å². The van der Waals surface area contributed by atoms with Crippen LogP contribution in [0.1, 0.15) is 11.3 Å². The highest BCUT2D eigenvalue weighted by Crippen LogP contribution is 2.25. The molecule has 0 radical (unpaired) electrons. The summed E-state index contributed by atoms with van der Waals surface area (Å²) in [5, 5.41) is 3.31. The number of hydrogen-bond acceptors (Lipinski definition) is 5. The summed E-state index contributed by atoms with van der Waals surface area (Å²) in [7, 11) is 3.24. The van der Waals surface area contributed by atoms with Crippen LogP contribution in [0.5, 0.6) is 11.6 Å². The Balaban J connectivity index is 2.16. The molecule has 0 aliphatic rings. The van der Waals surface area contributed by atoms with E-state index in [1.54, 1.807) is 26.6 Å². The van der Waals surface area contributed by atoms with E-state index in [0.29, 0.717) is 18.2 Å². The lowest BCUT2D eigenvalue weighted by atomic mass is 10.2. The van der Waals surface area contributed by atoms with Crippen LogP contribution in [0.15, 0.2) is 30.6 Å². The monoisotopic (exact) mass is 259 g/mol. The molecule has 1 N–H and O–H groups in total. The molecule has 2 heterocycles. The highest BCUT2D eigenvalue weighted by molar-refractivity contribution is 5.56. The molecular formula is C14H17N3O2. The van der Waals surface area contributed by atoms with Gasteiger partial charge in [-0.15, -0.1) is 0 Å². The van der Waals surface area contributed by atoms with Crippen molar-refractivity contribution in [3.05, 3.63) is 41.9 Å². The standard InChI is InChI=1S/C14H17N3O2/c1-10-7-12(13(18-2)9-16-10)17-8-11-5-4-6-15-14(11)19-3/h4-7,9H,8H2,1-3H3,(H,16,17). The van der Waals surface area contributed by atoms with Crippen molar-refractivity contribution in [2.24, 2.45) is 0 Å². The van der Waals surface area contributed by atoms with Gasteiger partial charge in [-0.1, -0.05) is 6.07 Å². The van der Waals surface area contributed by atoms with Gasteiger partial charge in [0.05, 0.1) is 26.1 Å². The minimum Gasteiger partial charge on any atom is -0.493 e. The van der Waals surface area contributed by atoms with Gasteiger partial charge in [0.2, 0.25) is 5.88 Å². The van der Waals surface area contributed by atoms with Crippen LogP contribution in [-0.2, 0) is 6.54 Å². The van der Waals surface area contributed by atoms with Gasteiger partial charge in [0, 0.05) is 24.0 Å². The largest absolute Gasteiger partial charge is 0.493 e. The highest BCUT2D eigenvalue weighted by Gasteiger charge is 2.06. The third-order valence-corrected chi connectivity index (χ3v) is 2.74. The Morgan fingerprint density at radius 1 is 1.21 bits per heavy atom.